The first-order valence-corrected chi connectivity index (χ1v) is 6.72. The molecule has 0 aliphatic carbocycles. The van der Waals surface area contributed by atoms with E-state index in [0.717, 1.165) is 16.2 Å². The molecule has 0 aliphatic heterocycles. The van der Waals surface area contributed by atoms with Crippen molar-refractivity contribution in [2.75, 3.05) is 5.32 Å². The summed E-state index contributed by atoms with van der Waals surface area (Å²) < 4.78 is 1.91. The molecule has 5 nitrogen and oxygen atoms in total. The lowest BCUT2D eigenvalue weighted by atomic mass is 10.3. The first-order chi connectivity index (χ1) is 9.20. The van der Waals surface area contributed by atoms with Gasteiger partial charge in [0.05, 0.1) is 12.1 Å². The number of carbonyl (C=O) groups is 1. The van der Waals surface area contributed by atoms with Crippen molar-refractivity contribution < 1.29 is 4.79 Å². The van der Waals surface area contributed by atoms with Crippen LogP contribution in [-0.2, 0) is 11.2 Å². The quantitative estimate of drug-likeness (QED) is 0.795. The maximum Gasteiger partial charge on any atom is 0.231 e. The first kappa shape index (κ1) is 11.9. The van der Waals surface area contributed by atoms with Crippen molar-refractivity contribution in [3.63, 3.8) is 0 Å². The number of rotatable bonds is 3. The molecule has 0 bridgehead atoms. The van der Waals surface area contributed by atoms with Crippen LogP contribution in [-0.4, -0.2) is 20.3 Å². The molecule has 1 N–H and O–H groups in total. The first-order valence-electron chi connectivity index (χ1n) is 5.84. The summed E-state index contributed by atoms with van der Waals surface area (Å²) in [6.45, 7) is 1.96. The van der Waals surface area contributed by atoms with Gasteiger partial charge in [-0.25, -0.2) is 9.97 Å². The number of thiazole rings is 1. The standard InChI is InChI=1S/C13H12N4OS/c1-9-2-3-14-11(6-9)16-12(18)7-10-8-17-4-5-19-13(17)15-10/h2-6,8H,7H2,1H3,(H,14,16,18). The fourth-order valence-corrected chi connectivity index (χ4v) is 2.54. The maximum absolute atomic E-state index is 11.9. The van der Waals surface area contributed by atoms with Crippen LogP contribution < -0.4 is 5.32 Å². The lowest BCUT2D eigenvalue weighted by Gasteiger charge is -2.03. The van der Waals surface area contributed by atoms with Crippen LogP contribution >= 0.6 is 11.3 Å². The molecule has 0 atom stereocenters. The van der Waals surface area contributed by atoms with Crippen molar-refractivity contribution >= 4 is 28.0 Å². The minimum absolute atomic E-state index is 0.108. The summed E-state index contributed by atoms with van der Waals surface area (Å²) in [5.74, 6) is 0.467. The normalized spacial score (nSPS) is 10.8. The van der Waals surface area contributed by atoms with Crippen LogP contribution in [0.5, 0.6) is 0 Å². The second-order valence-corrected chi connectivity index (χ2v) is 5.14. The average molecular weight is 272 g/mol. The molecule has 0 spiro atoms. The number of aryl methyl sites for hydroxylation is 1. The number of hydrogen-bond acceptors (Lipinski definition) is 4. The van der Waals surface area contributed by atoms with E-state index in [1.165, 1.54) is 0 Å². The molecule has 0 unspecified atom stereocenters. The van der Waals surface area contributed by atoms with Gasteiger partial charge in [0.25, 0.3) is 0 Å². The van der Waals surface area contributed by atoms with E-state index in [1.54, 1.807) is 17.5 Å². The number of pyridine rings is 1. The van der Waals surface area contributed by atoms with E-state index >= 15 is 0 Å². The molecule has 0 saturated carbocycles. The van der Waals surface area contributed by atoms with Crippen molar-refractivity contribution in [3.05, 3.63) is 47.4 Å². The molecule has 3 aromatic rings. The fourth-order valence-electron chi connectivity index (χ4n) is 1.82. The summed E-state index contributed by atoms with van der Waals surface area (Å²) in [6, 6.07) is 3.73. The predicted octanol–water partition coefficient (Wildman–Crippen LogP) is 2.28. The van der Waals surface area contributed by atoms with Gasteiger partial charge in [0.1, 0.15) is 5.82 Å². The molecule has 0 fully saturated rings. The van der Waals surface area contributed by atoms with E-state index in [0.29, 0.717) is 5.82 Å². The van der Waals surface area contributed by atoms with Crippen LogP contribution in [0.3, 0.4) is 0 Å². The third-order valence-corrected chi connectivity index (χ3v) is 3.44. The number of hydrogen-bond donors (Lipinski definition) is 1. The van der Waals surface area contributed by atoms with E-state index in [2.05, 4.69) is 15.3 Å². The Morgan fingerprint density at radius 2 is 2.42 bits per heavy atom. The number of imidazole rings is 1. The van der Waals surface area contributed by atoms with Gasteiger partial charge in [-0.15, -0.1) is 11.3 Å². The van der Waals surface area contributed by atoms with Crippen molar-refractivity contribution in [2.24, 2.45) is 0 Å². The number of fused-ring (bicyclic) bond motifs is 1. The third kappa shape index (κ3) is 2.63. The highest BCUT2D eigenvalue weighted by Crippen LogP contribution is 2.12. The minimum Gasteiger partial charge on any atom is -0.310 e. The van der Waals surface area contributed by atoms with Gasteiger partial charge in [-0.2, -0.15) is 0 Å². The number of nitrogens with one attached hydrogen (secondary N) is 1. The molecule has 0 aliphatic rings. The zero-order valence-electron chi connectivity index (χ0n) is 10.3. The lowest BCUT2D eigenvalue weighted by Crippen LogP contribution is -2.15. The molecule has 3 aromatic heterocycles. The van der Waals surface area contributed by atoms with E-state index < -0.39 is 0 Å². The average Bonchev–Trinajstić information content (AvgIpc) is 2.89. The van der Waals surface area contributed by atoms with E-state index in [1.807, 2.05) is 41.2 Å². The van der Waals surface area contributed by atoms with Crippen molar-refractivity contribution in [3.8, 4) is 0 Å². The van der Waals surface area contributed by atoms with Gasteiger partial charge in [-0.1, -0.05) is 0 Å². The minimum atomic E-state index is -0.108. The highest BCUT2D eigenvalue weighted by atomic mass is 32.1. The number of amides is 1. The second-order valence-electron chi connectivity index (χ2n) is 4.27. The summed E-state index contributed by atoms with van der Waals surface area (Å²) in [6.07, 6.45) is 5.73. The predicted molar refractivity (Wildman–Crippen MR) is 74.4 cm³/mol. The molecule has 96 valence electrons. The highest BCUT2D eigenvalue weighted by Gasteiger charge is 2.09. The molecule has 19 heavy (non-hydrogen) atoms. The molecular weight excluding hydrogens is 260 g/mol. The summed E-state index contributed by atoms with van der Waals surface area (Å²) in [5, 5.41) is 4.73. The number of anilines is 1. The molecule has 3 heterocycles. The summed E-state index contributed by atoms with van der Waals surface area (Å²) in [7, 11) is 0. The van der Waals surface area contributed by atoms with Gasteiger partial charge in [0.2, 0.25) is 5.91 Å². The van der Waals surface area contributed by atoms with E-state index in [4.69, 9.17) is 0 Å². The number of carbonyl (C=O) groups excluding carboxylic acids is 1. The SMILES string of the molecule is Cc1ccnc(NC(=O)Cc2cn3ccsc3n2)c1. The van der Waals surface area contributed by atoms with Gasteiger partial charge in [0.15, 0.2) is 4.96 Å². The molecule has 0 aromatic carbocycles. The Balaban J connectivity index is 1.69. The Labute approximate surface area is 113 Å². The zero-order chi connectivity index (χ0) is 13.2. The smallest absolute Gasteiger partial charge is 0.231 e. The lowest BCUT2D eigenvalue weighted by molar-refractivity contribution is -0.115. The van der Waals surface area contributed by atoms with Gasteiger partial charge in [-0.05, 0) is 24.6 Å². The Morgan fingerprint density at radius 1 is 1.53 bits per heavy atom. The second kappa shape index (κ2) is 4.81. The monoisotopic (exact) mass is 272 g/mol. The molecule has 1 amide bonds. The van der Waals surface area contributed by atoms with Crippen LogP contribution in [0.2, 0.25) is 0 Å². The third-order valence-electron chi connectivity index (χ3n) is 2.67. The van der Waals surface area contributed by atoms with Crippen molar-refractivity contribution in [1.29, 1.82) is 0 Å². The van der Waals surface area contributed by atoms with Crippen LogP contribution in [0.1, 0.15) is 11.3 Å². The van der Waals surface area contributed by atoms with E-state index in [9.17, 15) is 4.79 Å². The molecule has 3 rings (SSSR count). The van der Waals surface area contributed by atoms with Crippen LogP contribution in [0.4, 0.5) is 5.82 Å². The Morgan fingerprint density at radius 3 is 3.21 bits per heavy atom. The van der Waals surface area contributed by atoms with Crippen LogP contribution in [0.15, 0.2) is 36.1 Å². The molecule has 6 heteroatoms. The number of nitrogens with zero attached hydrogens (tertiary/aromatic N) is 3. The van der Waals surface area contributed by atoms with Crippen LogP contribution in [0, 0.1) is 6.92 Å². The fraction of sp³-hybridized carbons (Fsp3) is 0.154. The largest absolute Gasteiger partial charge is 0.310 e. The molecular formula is C13H12N4OS. The van der Waals surface area contributed by atoms with Gasteiger partial charge < -0.3 is 5.32 Å². The topological polar surface area (TPSA) is 59.3 Å². The maximum atomic E-state index is 11.9. The zero-order valence-corrected chi connectivity index (χ0v) is 11.1. The Bertz CT molecular complexity index is 702. The Hall–Kier alpha value is -2.21. The summed E-state index contributed by atoms with van der Waals surface area (Å²) in [4.78, 5) is 21.3. The van der Waals surface area contributed by atoms with Gasteiger partial charge in [-0.3, -0.25) is 9.20 Å². The summed E-state index contributed by atoms with van der Waals surface area (Å²) in [5.41, 5.74) is 1.82. The van der Waals surface area contributed by atoms with Crippen LogP contribution in [0.25, 0.3) is 4.96 Å². The Kier molecular flexibility index (Phi) is 3.00. The highest BCUT2D eigenvalue weighted by molar-refractivity contribution is 7.15. The summed E-state index contributed by atoms with van der Waals surface area (Å²) >= 11 is 1.55. The van der Waals surface area contributed by atoms with Gasteiger partial charge in [0, 0.05) is 24.0 Å². The molecule has 0 saturated heterocycles. The number of aromatic nitrogens is 3. The van der Waals surface area contributed by atoms with E-state index in [-0.39, 0.29) is 12.3 Å². The van der Waals surface area contributed by atoms with Crippen molar-refractivity contribution in [1.82, 2.24) is 14.4 Å². The van der Waals surface area contributed by atoms with Gasteiger partial charge >= 0.3 is 0 Å². The molecule has 0 radical (unpaired) electrons. The van der Waals surface area contributed by atoms with Crippen molar-refractivity contribution in [2.45, 2.75) is 13.3 Å².